The molecule has 3 fully saturated rings. The third kappa shape index (κ3) is 7.03. The molecular formula is C41H60O. The number of carbonyl (C=O) groups is 1. The van der Waals surface area contributed by atoms with Crippen molar-refractivity contribution in [3.63, 3.8) is 0 Å². The van der Waals surface area contributed by atoms with Gasteiger partial charge in [0.05, 0.1) is 0 Å². The van der Waals surface area contributed by atoms with Crippen molar-refractivity contribution in [2.24, 2.45) is 39.4 Å². The molecule has 0 aliphatic heterocycles. The first-order valence-electron chi connectivity index (χ1n) is 16.8. The van der Waals surface area contributed by atoms with Crippen molar-refractivity contribution in [3.05, 3.63) is 96.7 Å². The average Bonchev–Trinajstić information content (AvgIpc) is 3.24. The van der Waals surface area contributed by atoms with Crippen LogP contribution in [0, 0.1) is 46.3 Å². The summed E-state index contributed by atoms with van der Waals surface area (Å²) in [6, 6.07) is 8.75. The summed E-state index contributed by atoms with van der Waals surface area (Å²) >= 11 is 0. The van der Waals surface area contributed by atoms with Gasteiger partial charge in [-0.15, -0.1) is 6.58 Å². The number of rotatable bonds is 7. The van der Waals surface area contributed by atoms with Crippen LogP contribution in [0.2, 0.25) is 0 Å². The number of benzene rings is 1. The minimum Gasteiger partial charge on any atom is -0.290 e. The maximum absolute atomic E-state index is 11.9. The Labute approximate surface area is 259 Å². The molecule has 0 aromatic heterocycles. The summed E-state index contributed by atoms with van der Waals surface area (Å²) in [6.07, 6.45) is 25.6. The van der Waals surface area contributed by atoms with Crippen LogP contribution in [0.1, 0.15) is 111 Å². The van der Waals surface area contributed by atoms with Crippen molar-refractivity contribution in [1.82, 2.24) is 0 Å². The zero-order chi connectivity index (χ0) is 31.2. The van der Waals surface area contributed by atoms with Gasteiger partial charge in [-0.25, -0.2) is 0 Å². The maximum Gasteiger partial charge on any atom is 0.178 e. The molecule has 1 heteroatoms. The fourth-order valence-electron chi connectivity index (χ4n) is 9.01. The summed E-state index contributed by atoms with van der Waals surface area (Å²) in [4.78, 5) is 11.9. The highest BCUT2D eigenvalue weighted by Gasteiger charge is 2.61. The fraction of sp³-hybridized carbons (Fsp3) is 0.585. The lowest BCUT2D eigenvalue weighted by Crippen LogP contribution is -2.51. The van der Waals surface area contributed by atoms with E-state index in [-0.39, 0.29) is 16.6 Å². The predicted molar refractivity (Wildman–Crippen MR) is 184 cm³/mol. The van der Waals surface area contributed by atoms with E-state index in [2.05, 4.69) is 97.2 Å². The van der Waals surface area contributed by atoms with Crippen molar-refractivity contribution < 1.29 is 4.79 Å². The number of hydrogen-bond acceptors (Lipinski definition) is 1. The van der Waals surface area contributed by atoms with E-state index < -0.39 is 0 Å². The second kappa shape index (κ2) is 13.9. The van der Waals surface area contributed by atoms with Crippen LogP contribution in [0.5, 0.6) is 0 Å². The Balaban J connectivity index is 0.000000245. The average molecular weight is 569 g/mol. The van der Waals surface area contributed by atoms with Crippen LogP contribution in [-0.4, -0.2) is 5.78 Å². The van der Waals surface area contributed by atoms with Gasteiger partial charge in [-0.1, -0.05) is 121 Å². The van der Waals surface area contributed by atoms with Gasteiger partial charge in [0, 0.05) is 5.41 Å². The SMILES string of the molecule is C=C/C=C\C(C)(C)Cc1ccc(C)cc1.C=CCCC1(C)CCC2C3CCC4=CC(=O)C=CC4(C)C3CCC21C.CC. The van der Waals surface area contributed by atoms with Crippen LogP contribution in [0.15, 0.2) is 85.5 Å². The van der Waals surface area contributed by atoms with Gasteiger partial charge in [-0.05, 0) is 116 Å². The van der Waals surface area contributed by atoms with Crippen molar-refractivity contribution in [1.29, 1.82) is 0 Å². The molecule has 1 aromatic carbocycles. The molecule has 0 amide bonds. The van der Waals surface area contributed by atoms with Gasteiger partial charge in [0.15, 0.2) is 5.78 Å². The Morgan fingerprint density at radius 1 is 0.976 bits per heavy atom. The third-order valence-corrected chi connectivity index (χ3v) is 11.7. The minimum absolute atomic E-state index is 0.137. The van der Waals surface area contributed by atoms with Gasteiger partial charge in [0.2, 0.25) is 0 Å². The highest BCUT2D eigenvalue weighted by atomic mass is 16.1. The molecule has 0 saturated heterocycles. The van der Waals surface area contributed by atoms with Crippen molar-refractivity contribution in [2.45, 2.75) is 113 Å². The first-order chi connectivity index (χ1) is 19.9. The molecule has 0 bridgehead atoms. The zero-order valence-corrected chi connectivity index (χ0v) is 28.3. The Bertz CT molecular complexity index is 1180. The van der Waals surface area contributed by atoms with E-state index in [0.29, 0.717) is 10.8 Å². The molecule has 6 atom stereocenters. The molecule has 3 saturated carbocycles. The molecule has 1 nitrogen and oxygen atoms in total. The lowest BCUT2D eigenvalue weighted by molar-refractivity contribution is -0.111. The summed E-state index contributed by atoms with van der Waals surface area (Å²) in [5.74, 6) is 2.64. The first-order valence-corrected chi connectivity index (χ1v) is 16.8. The summed E-state index contributed by atoms with van der Waals surface area (Å²) in [5.41, 5.74) is 5.42. The zero-order valence-electron chi connectivity index (χ0n) is 28.3. The van der Waals surface area contributed by atoms with Crippen LogP contribution in [0.25, 0.3) is 0 Å². The number of allylic oxidation sites excluding steroid dienone is 8. The Morgan fingerprint density at radius 2 is 1.64 bits per heavy atom. The third-order valence-electron chi connectivity index (χ3n) is 11.7. The first kappa shape index (κ1) is 34.1. The number of fused-ring (bicyclic) bond motifs is 5. The Hall–Kier alpha value is -2.41. The minimum atomic E-state index is 0.137. The van der Waals surface area contributed by atoms with E-state index >= 15 is 0 Å². The van der Waals surface area contributed by atoms with Gasteiger partial charge in [-0.3, -0.25) is 4.79 Å². The van der Waals surface area contributed by atoms with Crippen LogP contribution >= 0.6 is 0 Å². The summed E-state index contributed by atoms with van der Waals surface area (Å²) in [5, 5.41) is 0. The van der Waals surface area contributed by atoms with Gasteiger partial charge in [0.1, 0.15) is 0 Å². The highest BCUT2D eigenvalue weighted by Crippen LogP contribution is 2.70. The number of carbonyl (C=O) groups excluding carboxylic acids is 1. The van der Waals surface area contributed by atoms with Gasteiger partial charge >= 0.3 is 0 Å². The molecule has 0 heterocycles. The normalized spacial score (nSPS) is 33.2. The number of hydrogen-bond donors (Lipinski definition) is 0. The van der Waals surface area contributed by atoms with E-state index in [9.17, 15) is 4.79 Å². The van der Waals surface area contributed by atoms with Crippen LogP contribution in [0.4, 0.5) is 0 Å². The monoisotopic (exact) mass is 568 g/mol. The van der Waals surface area contributed by atoms with Crippen molar-refractivity contribution in [3.8, 4) is 0 Å². The molecule has 230 valence electrons. The highest BCUT2D eigenvalue weighted by molar-refractivity contribution is 6.01. The molecule has 6 unspecified atom stereocenters. The van der Waals surface area contributed by atoms with Gasteiger partial charge < -0.3 is 0 Å². The summed E-state index contributed by atoms with van der Waals surface area (Å²) in [7, 11) is 0. The molecule has 0 radical (unpaired) electrons. The standard InChI is InChI=1S/C24H34O.C15H20.C2H6/c1-5-6-12-22(2)13-10-21-19-8-7-17-16-18(25)9-14-23(17,3)20(19)11-15-24(21,22)4;1-5-6-11-15(3,4)12-14-9-7-13(2)8-10-14;1-2/h5,9,14,16,19-21H,1,6-8,10-13,15H2,2-4H3;5-11H,1,12H2,2-4H3;1-2H3/b;11-6-;. The lowest BCUT2D eigenvalue weighted by atomic mass is 9.46. The Morgan fingerprint density at radius 3 is 2.29 bits per heavy atom. The number of aryl methyl sites for hydroxylation is 1. The summed E-state index contributed by atoms with van der Waals surface area (Å²) in [6.45, 7) is 25.8. The van der Waals surface area contributed by atoms with E-state index in [0.717, 1.165) is 37.0 Å². The van der Waals surface area contributed by atoms with Crippen LogP contribution < -0.4 is 0 Å². The largest absolute Gasteiger partial charge is 0.290 e. The second-order valence-electron chi connectivity index (χ2n) is 14.7. The number of ketones is 1. The molecular weight excluding hydrogens is 508 g/mol. The maximum atomic E-state index is 11.9. The molecule has 4 aliphatic rings. The summed E-state index contributed by atoms with van der Waals surface area (Å²) < 4.78 is 0. The quantitative estimate of drug-likeness (QED) is 0.236. The van der Waals surface area contributed by atoms with Crippen molar-refractivity contribution >= 4 is 5.78 Å². The molecule has 4 aliphatic carbocycles. The topological polar surface area (TPSA) is 17.1 Å². The molecule has 0 spiro atoms. The van der Waals surface area contributed by atoms with Gasteiger partial charge in [-0.2, -0.15) is 0 Å². The fourth-order valence-corrected chi connectivity index (χ4v) is 9.01. The van der Waals surface area contributed by atoms with Gasteiger partial charge in [0.25, 0.3) is 0 Å². The van der Waals surface area contributed by atoms with Crippen molar-refractivity contribution in [2.75, 3.05) is 0 Å². The van der Waals surface area contributed by atoms with Crippen LogP contribution in [-0.2, 0) is 11.2 Å². The Kier molecular flexibility index (Phi) is 11.3. The molecule has 42 heavy (non-hydrogen) atoms. The molecule has 1 aromatic rings. The molecule has 5 rings (SSSR count). The molecule has 0 N–H and O–H groups in total. The van der Waals surface area contributed by atoms with E-state index in [4.69, 9.17) is 0 Å². The van der Waals surface area contributed by atoms with E-state index in [1.807, 2.05) is 38.2 Å². The lowest BCUT2D eigenvalue weighted by Gasteiger charge is -2.59. The second-order valence-corrected chi connectivity index (χ2v) is 14.7. The van der Waals surface area contributed by atoms with E-state index in [1.165, 1.54) is 55.2 Å². The van der Waals surface area contributed by atoms with E-state index in [1.54, 1.807) is 0 Å². The predicted octanol–water partition coefficient (Wildman–Crippen LogP) is 11.6. The smallest absolute Gasteiger partial charge is 0.178 e. The van der Waals surface area contributed by atoms with Crippen LogP contribution in [0.3, 0.4) is 0 Å².